The lowest BCUT2D eigenvalue weighted by Gasteiger charge is -2.04. The second-order valence-electron chi connectivity index (χ2n) is 7.71. The molecular formula is C26H12F4N2S3. The van der Waals surface area contributed by atoms with Gasteiger partial charge in [0.15, 0.2) is 23.3 Å². The molecule has 3 heterocycles. The van der Waals surface area contributed by atoms with Gasteiger partial charge in [0.2, 0.25) is 0 Å². The Morgan fingerprint density at radius 3 is 1.31 bits per heavy atom. The Balaban J connectivity index is 1.38. The normalized spacial score (nSPS) is 11.4. The lowest BCUT2D eigenvalue weighted by molar-refractivity contribution is 0.509. The first-order chi connectivity index (χ1) is 17.0. The molecule has 0 saturated heterocycles. The largest absolute Gasteiger partial charge is 0.204 e. The lowest BCUT2D eigenvalue weighted by atomic mass is 10.1. The van der Waals surface area contributed by atoms with Gasteiger partial charge in [-0.1, -0.05) is 24.3 Å². The van der Waals surface area contributed by atoms with E-state index in [9.17, 15) is 17.6 Å². The molecule has 0 fully saturated rings. The molecule has 0 amide bonds. The third-order valence-corrected chi connectivity index (χ3v) is 8.43. The minimum Gasteiger partial charge on any atom is -0.204 e. The van der Waals surface area contributed by atoms with E-state index < -0.39 is 23.3 Å². The van der Waals surface area contributed by atoms with Crippen molar-refractivity contribution in [2.24, 2.45) is 0 Å². The molecule has 0 aliphatic rings. The van der Waals surface area contributed by atoms with Crippen LogP contribution in [0.25, 0.3) is 52.8 Å². The van der Waals surface area contributed by atoms with Crippen LogP contribution in [0.15, 0.2) is 72.8 Å². The van der Waals surface area contributed by atoms with E-state index in [2.05, 4.69) is 8.75 Å². The van der Waals surface area contributed by atoms with Crippen LogP contribution in [-0.2, 0) is 0 Å². The van der Waals surface area contributed by atoms with Gasteiger partial charge in [-0.2, -0.15) is 8.75 Å². The topological polar surface area (TPSA) is 25.8 Å². The van der Waals surface area contributed by atoms with Crippen molar-refractivity contribution in [1.82, 2.24) is 8.75 Å². The van der Waals surface area contributed by atoms with E-state index in [0.29, 0.717) is 11.1 Å². The van der Waals surface area contributed by atoms with Crippen LogP contribution in [0.4, 0.5) is 17.6 Å². The van der Waals surface area contributed by atoms with E-state index in [1.165, 1.54) is 34.8 Å². The lowest BCUT2D eigenvalue weighted by Crippen LogP contribution is -1.83. The van der Waals surface area contributed by atoms with Gasteiger partial charge in [-0.15, -0.1) is 22.7 Å². The summed E-state index contributed by atoms with van der Waals surface area (Å²) >= 11 is 4.03. The first-order valence-electron chi connectivity index (χ1n) is 10.3. The summed E-state index contributed by atoms with van der Waals surface area (Å²) in [7, 11) is 0. The fourth-order valence-electron chi connectivity index (χ4n) is 3.84. The molecule has 0 aliphatic carbocycles. The molecule has 0 radical (unpaired) electrons. The van der Waals surface area contributed by atoms with Crippen LogP contribution in [0.2, 0.25) is 0 Å². The molecule has 0 atom stereocenters. The minimum atomic E-state index is -0.883. The molecule has 35 heavy (non-hydrogen) atoms. The van der Waals surface area contributed by atoms with Crippen molar-refractivity contribution in [2.45, 2.75) is 0 Å². The average molecular weight is 525 g/mol. The zero-order chi connectivity index (χ0) is 24.1. The predicted molar refractivity (Wildman–Crippen MR) is 135 cm³/mol. The molecule has 0 saturated carbocycles. The van der Waals surface area contributed by atoms with Crippen LogP contribution in [0.3, 0.4) is 0 Å². The van der Waals surface area contributed by atoms with Crippen molar-refractivity contribution < 1.29 is 17.6 Å². The second kappa shape index (κ2) is 8.67. The zero-order valence-electron chi connectivity index (χ0n) is 17.6. The highest BCUT2D eigenvalue weighted by Gasteiger charge is 2.17. The van der Waals surface area contributed by atoms with Gasteiger partial charge >= 0.3 is 0 Å². The van der Waals surface area contributed by atoms with Crippen LogP contribution in [-0.4, -0.2) is 8.75 Å². The van der Waals surface area contributed by atoms with Crippen molar-refractivity contribution in [3.63, 3.8) is 0 Å². The van der Waals surface area contributed by atoms with Crippen LogP contribution in [0, 0.1) is 23.3 Å². The monoisotopic (exact) mass is 524 g/mol. The highest BCUT2D eigenvalue weighted by molar-refractivity contribution is 7.19. The molecule has 0 aliphatic heterocycles. The number of thiophene rings is 2. The molecule has 6 aromatic rings. The maximum Gasteiger partial charge on any atom is 0.159 e. The van der Waals surface area contributed by atoms with Crippen molar-refractivity contribution >= 4 is 45.4 Å². The number of benzene rings is 3. The standard InChI is InChI=1S/C26H12F4N2S3/c27-17-5-1-13(11-19(17)29)21-7-9-23(33-21)15-3-4-16(26-25(15)31-35-32-26)24-10-8-22(34-24)14-2-6-18(28)20(30)12-14/h1-12H. The Morgan fingerprint density at radius 2 is 0.886 bits per heavy atom. The molecule has 0 spiro atoms. The van der Waals surface area contributed by atoms with Crippen LogP contribution in [0.5, 0.6) is 0 Å². The smallest absolute Gasteiger partial charge is 0.159 e. The Hall–Kier alpha value is -3.40. The number of rotatable bonds is 4. The van der Waals surface area contributed by atoms with Gasteiger partial charge in [0.1, 0.15) is 11.0 Å². The third kappa shape index (κ3) is 3.95. The summed E-state index contributed by atoms with van der Waals surface area (Å²) in [5.41, 5.74) is 4.49. The summed E-state index contributed by atoms with van der Waals surface area (Å²) in [6.07, 6.45) is 0. The van der Waals surface area contributed by atoms with E-state index in [4.69, 9.17) is 0 Å². The van der Waals surface area contributed by atoms with Gasteiger partial charge in [0.25, 0.3) is 0 Å². The summed E-state index contributed by atoms with van der Waals surface area (Å²) in [6.45, 7) is 0. The molecule has 6 rings (SSSR count). The van der Waals surface area contributed by atoms with Gasteiger partial charge < -0.3 is 0 Å². The van der Waals surface area contributed by atoms with Crippen LogP contribution >= 0.6 is 34.4 Å². The SMILES string of the molecule is Fc1ccc(-c2ccc(-c3ccc(-c4ccc(-c5ccc(F)c(F)c5)s4)c4nsnc34)s2)cc1F. The van der Waals surface area contributed by atoms with Crippen molar-refractivity contribution in [1.29, 1.82) is 0 Å². The number of nitrogens with zero attached hydrogens (tertiary/aromatic N) is 2. The number of hydrogen-bond acceptors (Lipinski definition) is 5. The Bertz CT molecular complexity index is 1590. The molecule has 0 unspecified atom stereocenters. The van der Waals surface area contributed by atoms with E-state index >= 15 is 0 Å². The van der Waals surface area contributed by atoms with Crippen LogP contribution in [0.1, 0.15) is 0 Å². The van der Waals surface area contributed by atoms with Crippen molar-refractivity contribution in [3.05, 3.63) is 96.1 Å². The minimum absolute atomic E-state index is 0.604. The van der Waals surface area contributed by atoms with Gasteiger partial charge in [0.05, 0.1) is 11.7 Å². The third-order valence-electron chi connectivity index (χ3n) is 5.57. The molecule has 2 nitrogen and oxygen atoms in total. The Morgan fingerprint density at radius 1 is 0.457 bits per heavy atom. The number of halogens is 4. The summed E-state index contributed by atoms with van der Waals surface area (Å²) in [5.74, 6) is -3.52. The van der Waals surface area contributed by atoms with E-state index in [0.717, 1.165) is 65.5 Å². The Kier molecular flexibility index (Phi) is 5.47. The summed E-state index contributed by atoms with van der Waals surface area (Å²) in [6, 6.07) is 19.3. The molecule has 3 aromatic heterocycles. The maximum atomic E-state index is 13.7. The summed E-state index contributed by atoms with van der Waals surface area (Å²) in [4.78, 5) is 3.49. The second-order valence-corrected chi connectivity index (χ2v) is 10.4. The average Bonchev–Trinajstić information content (AvgIpc) is 3.63. The van der Waals surface area contributed by atoms with Crippen LogP contribution < -0.4 is 0 Å². The Labute approximate surface area is 209 Å². The molecule has 172 valence electrons. The maximum absolute atomic E-state index is 13.7. The quantitative estimate of drug-likeness (QED) is 0.215. The molecule has 3 aromatic carbocycles. The highest BCUT2D eigenvalue weighted by atomic mass is 32.1. The zero-order valence-corrected chi connectivity index (χ0v) is 20.0. The molecular weight excluding hydrogens is 512 g/mol. The first-order valence-corrected chi connectivity index (χ1v) is 12.7. The van der Waals surface area contributed by atoms with Crippen molar-refractivity contribution in [2.75, 3.05) is 0 Å². The molecule has 0 N–H and O–H groups in total. The van der Waals surface area contributed by atoms with Gasteiger partial charge in [-0.05, 0) is 59.7 Å². The van der Waals surface area contributed by atoms with Gasteiger partial charge in [-0.25, -0.2) is 17.6 Å². The number of aromatic nitrogens is 2. The predicted octanol–water partition coefficient (Wildman–Crippen LogP) is 9.04. The fraction of sp³-hybridized carbons (Fsp3) is 0. The summed E-state index contributed by atoms with van der Waals surface area (Å²) < 4.78 is 63.1. The summed E-state index contributed by atoms with van der Waals surface area (Å²) in [5, 5.41) is 0. The van der Waals surface area contributed by atoms with Gasteiger partial charge in [0, 0.05) is 30.6 Å². The fourth-order valence-corrected chi connectivity index (χ4v) is 6.47. The molecule has 0 bridgehead atoms. The van der Waals surface area contributed by atoms with E-state index in [-0.39, 0.29) is 0 Å². The molecule has 9 heteroatoms. The van der Waals surface area contributed by atoms with Gasteiger partial charge in [-0.3, -0.25) is 0 Å². The van der Waals surface area contributed by atoms with E-state index in [1.54, 1.807) is 12.1 Å². The number of hydrogen-bond donors (Lipinski definition) is 0. The van der Waals surface area contributed by atoms with E-state index in [1.807, 2.05) is 36.4 Å². The highest BCUT2D eigenvalue weighted by Crippen LogP contribution is 2.42. The van der Waals surface area contributed by atoms with Crippen molar-refractivity contribution in [3.8, 4) is 41.8 Å². The first kappa shape index (κ1) is 22.1. The number of fused-ring (bicyclic) bond motifs is 1.